The second-order valence-corrected chi connectivity index (χ2v) is 4.68. The van der Waals surface area contributed by atoms with Gasteiger partial charge >= 0.3 is 5.97 Å². The van der Waals surface area contributed by atoms with Crippen molar-refractivity contribution < 1.29 is 9.53 Å². The Morgan fingerprint density at radius 2 is 1.94 bits per heavy atom. The maximum Gasteiger partial charge on any atom is 0.331 e. The molecule has 1 aromatic carbocycles. The zero-order chi connectivity index (χ0) is 12.7. The number of carbonyl (C=O) groups is 1. The molecule has 0 spiro atoms. The molecule has 2 nitrogen and oxygen atoms in total. The number of rotatable bonds is 5. The number of benzene rings is 1. The van der Waals surface area contributed by atoms with E-state index in [9.17, 15) is 4.79 Å². The third-order valence-electron chi connectivity index (χ3n) is 2.32. The van der Waals surface area contributed by atoms with Gasteiger partial charge in [0.15, 0.2) is 0 Å². The highest BCUT2D eigenvalue weighted by molar-refractivity contribution is 5.82. The molecule has 0 radical (unpaired) electrons. The summed E-state index contributed by atoms with van der Waals surface area (Å²) in [6.07, 6.45) is 2.52. The molecule has 92 valence electrons. The molecule has 0 aliphatic rings. The SMILES string of the molecule is C/C(=C\C(=O)OCc1ccccc1)CC(C)C. The minimum Gasteiger partial charge on any atom is -0.458 e. The van der Waals surface area contributed by atoms with Crippen molar-refractivity contribution in [2.45, 2.75) is 33.8 Å². The van der Waals surface area contributed by atoms with Crippen molar-refractivity contribution in [2.24, 2.45) is 5.92 Å². The molecular formula is C15H20O2. The zero-order valence-electron chi connectivity index (χ0n) is 10.8. The van der Waals surface area contributed by atoms with Gasteiger partial charge in [0, 0.05) is 6.08 Å². The fourth-order valence-corrected chi connectivity index (χ4v) is 1.67. The summed E-state index contributed by atoms with van der Waals surface area (Å²) >= 11 is 0. The molecule has 0 unspecified atom stereocenters. The van der Waals surface area contributed by atoms with E-state index in [0.29, 0.717) is 12.5 Å². The number of esters is 1. The van der Waals surface area contributed by atoms with Crippen molar-refractivity contribution in [3.63, 3.8) is 0 Å². The predicted molar refractivity (Wildman–Crippen MR) is 69.5 cm³/mol. The lowest BCUT2D eigenvalue weighted by atomic mass is 10.0. The van der Waals surface area contributed by atoms with Crippen LogP contribution in [-0.2, 0) is 16.1 Å². The number of allylic oxidation sites excluding steroid dienone is 1. The zero-order valence-corrected chi connectivity index (χ0v) is 10.8. The summed E-state index contributed by atoms with van der Waals surface area (Å²) in [5.74, 6) is 0.306. The maximum atomic E-state index is 11.5. The van der Waals surface area contributed by atoms with E-state index in [1.54, 1.807) is 6.08 Å². The summed E-state index contributed by atoms with van der Waals surface area (Å²) in [6.45, 7) is 6.56. The van der Waals surface area contributed by atoms with Crippen molar-refractivity contribution in [1.29, 1.82) is 0 Å². The molecular weight excluding hydrogens is 212 g/mol. The minimum absolute atomic E-state index is 0.257. The Bertz CT molecular complexity index is 377. The first-order valence-electron chi connectivity index (χ1n) is 5.96. The van der Waals surface area contributed by atoms with Gasteiger partial charge in [0.25, 0.3) is 0 Å². The highest BCUT2D eigenvalue weighted by Crippen LogP contribution is 2.10. The summed E-state index contributed by atoms with van der Waals surface area (Å²) in [5, 5.41) is 0. The lowest BCUT2D eigenvalue weighted by molar-refractivity contribution is -0.139. The average Bonchev–Trinajstić information content (AvgIpc) is 2.26. The van der Waals surface area contributed by atoms with Gasteiger partial charge in [-0.15, -0.1) is 0 Å². The Morgan fingerprint density at radius 3 is 2.53 bits per heavy atom. The average molecular weight is 232 g/mol. The predicted octanol–water partition coefficient (Wildman–Crippen LogP) is 3.72. The molecule has 0 heterocycles. The van der Waals surface area contributed by atoms with Gasteiger partial charge in [0.1, 0.15) is 6.61 Å². The van der Waals surface area contributed by atoms with Crippen molar-refractivity contribution in [3.8, 4) is 0 Å². The van der Waals surface area contributed by atoms with Crippen LogP contribution < -0.4 is 0 Å². The molecule has 0 aliphatic heterocycles. The van der Waals surface area contributed by atoms with Gasteiger partial charge in [-0.2, -0.15) is 0 Å². The smallest absolute Gasteiger partial charge is 0.331 e. The molecule has 0 bridgehead atoms. The van der Waals surface area contributed by atoms with E-state index in [4.69, 9.17) is 4.74 Å². The molecule has 0 N–H and O–H groups in total. The second kappa shape index (κ2) is 6.89. The van der Waals surface area contributed by atoms with Crippen LogP contribution in [0.15, 0.2) is 42.0 Å². The van der Waals surface area contributed by atoms with Gasteiger partial charge in [-0.3, -0.25) is 0 Å². The molecule has 2 heteroatoms. The molecule has 0 fully saturated rings. The first-order valence-corrected chi connectivity index (χ1v) is 5.96. The van der Waals surface area contributed by atoms with Crippen LogP contribution in [0.2, 0.25) is 0 Å². The second-order valence-electron chi connectivity index (χ2n) is 4.68. The molecule has 0 aliphatic carbocycles. The highest BCUT2D eigenvalue weighted by Gasteiger charge is 2.02. The number of hydrogen-bond acceptors (Lipinski definition) is 2. The van der Waals surface area contributed by atoms with E-state index in [2.05, 4.69) is 13.8 Å². The van der Waals surface area contributed by atoms with E-state index in [-0.39, 0.29) is 5.97 Å². The molecule has 0 aromatic heterocycles. The van der Waals surface area contributed by atoms with Crippen LogP contribution in [0.4, 0.5) is 0 Å². The van der Waals surface area contributed by atoms with E-state index >= 15 is 0 Å². The van der Waals surface area contributed by atoms with Crippen LogP contribution >= 0.6 is 0 Å². The third-order valence-corrected chi connectivity index (χ3v) is 2.32. The Balaban J connectivity index is 2.40. The summed E-state index contributed by atoms with van der Waals surface area (Å²) in [4.78, 5) is 11.5. The number of hydrogen-bond donors (Lipinski definition) is 0. The molecule has 0 atom stereocenters. The summed E-state index contributed by atoms with van der Waals surface area (Å²) in [6, 6.07) is 9.69. The first kappa shape index (κ1) is 13.5. The summed E-state index contributed by atoms with van der Waals surface area (Å²) in [7, 11) is 0. The molecule has 0 saturated heterocycles. The first-order chi connectivity index (χ1) is 8.08. The molecule has 0 saturated carbocycles. The Morgan fingerprint density at radius 1 is 1.29 bits per heavy atom. The van der Waals surface area contributed by atoms with Gasteiger partial charge in [0.05, 0.1) is 0 Å². The van der Waals surface area contributed by atoms with E-state index in [0.717, 1.165) is 17.6 Å². The van der Waals surface area contributed by atoms with Crippen molar-refractivity contribution in [3.05, 3.63) is 47.5 Å². The summed E-state index contributed by atoms with van der Waals surface area (Å²) in [5.41, 5.74) is 2.08. The lowest BCUT2D eigenvalue weighted by Gasteiger charge is -2.05. The fraction of sp³-hybridized carbons (Fsp3) is 0.400. The number of carbonyl (C=O) groups excluding carboxylic acids is 1. The van der Waals surface area contributed by atoms with Crippen LogP contribution in [0.5, 0.6) is 0 Å². The Hall–Kier alpha value is -1.57. The number of ether oxygens (including phenoxy) is 1. The van der Waals surface area contributed by atoms with Crippen LogP contribution in [0, 0.1) is 5.92 Å². The van der Waals surface area contributed by atoms with Gasteiger partial charge < -0.3 is 4.74 Å². The maximum absolute atomic E-state index is 11.5. The van der Waals surface area contributed by atoms with Crippen molar-refractivity contribution in [1.82, 2.24) is 0 Å². The van der Waals surface area contributed by atoms with Crippen LogP contribution in [-0.4, -0.2) is 5.97 Å². The Kier molecular flexibility index (Phi) is 5.47. The topological polar surface area (TPSA) is 26.3 Å². The largest absolute Gasteiger partial charge is 0.458 e. The minimum atomic E-state index is -0.257. The van der Waals surface area contributed by atoms with Crippen LogP contribution in [0.25, 0.3) is 0 Å². The van der Waals surface area contributed by atoms with Gasteiger partial charge in [-0.05, 0) is 24.8 Å². The van der Waals surface area contributed by atoms with Gasteiger partial charge in [-0.25, -0.2) is 4.79 Å². The third kappa shape index (κ3) is 5.91. The van der Waals surface area contributed by atoms with Gasteiger partial charge in [-0.1, -0.05) is 49.8 Å². The summed E-state index contributed by atoms with van der Waals surface area (Å²) < 4.78 is 5.16. The highest BCUT2D eigenvalue weighted by atomic mass is 16.5. The normalized spacial score (nSPS) is 11.6. The van der Waals surface area contributed by atoms with Gasteiger partial charge in [0.2, 0.25) is 0 Å². The van der Waals surface area contributed by atoms with Crippen LogP contribution in [0.1, 0.15) is 32.8 Å². The van der Waals surface area contributed by atoms with Crippen molar-refractivity contribution in [2.75, 3.05) is 0 Å². The molecule has 1 rings (SSSR count). The monoisotopic (exact) mass is 232 g/mol. The molecule has 1 aromatic rings. The molecule has 0 amide bonds. The fourth-order valence-electron chi connectivity index (χ4n) is 1.67. The van der Waals surface area contributed by atoms with E-state index < -0.39 is 0 Å². The lowest BCUT2D eigenvalue weighted by Crippen LogP contribution is -2.02. The quantitative estimate of drug-likeness (QED) is 0.571. The van der Waals surface area contributed by atoms with Crippen LogP contribution in [0.3, 0.4) is 0 Å². The molecule has 17 heavy (non-hydrogen) atoms. The van der Waals surface area contributed by atoms with E-state index in [1.807, 2.05) is 37.3 Å². The standard InChI is InChI=1S/C15H20O2/c1-12(2)9-13(3)10-15(16)17-11-14-7-5-4-6-8-14/h4-8,10,12H,9,11H2,1-3H3/b13-10+. The van der Waals surface area contributed by atoms with E-state index in [1.165, 1.54) is 0 Å². The Labute approximate surface area is 103 Å². The van der Waals surface area contributed by atoms with Crippen molar-refractivity contribution >= 4 is 5.97 Å².